The lowest BCUT2D eigenvalue weighted by Crippen LogP contribution is -2.14. The Morgan fingerprint density at radius 3 is 2.76 bits per heavy atom. The molecular formula is C19H13N5O. The van der Waals surface area contributed by atoms with Crippen LogP contribution >= 0.6 is 0 Å². The molecule has 3 aliphatic rings. The topological polar surface area (TPSA) is 75.1 Å². The molecule has 0 atom stereocenters. The van der Waals surface area contributed by atoms with Gasteiger partial charge < -0.3 is 10.3 Å². The quantitative estimate of drug-likeness (QED) is 0.748. The van der Waals surface area contributed by atoms with Crippen LogP contribution in [0.4, 0.5) is 0 Å². The molecule has 2 N–H and O–H groups in total. The van der Waals surface area contributed by atoms with E-state index in [1.165, 1.54) is 0 Å². The number of hydrogen-bond donors (Lipinski definition) is 2. The van der Waals surface area contributed by atoms with Gasteiger partial charge in [0, 0.05) is 28.7 Å². The number of aromatic nitrogens is 3. The lowest BCUT2D eigenvalue weighted by atomic mass is 10.3. The number of nitrogens with one attached hydrogen (secondary N) is 2. The summed E-state index contributed by atoms with van der Waals surface area (Å²) in [4.78, 5) is 20.0. The number of H-pyrrole nitrogens is 1. The fourth-order valence-corrected chi connectivity index (χ4v) is 2.91. The minimum absolute atomic E-state index is 0.0724. The zero-order valence-corrected chi connectivity index (χ0v) is 13.1. The third kappa shape index (κ3) is 2.59. The van der Waals surface area contributed by atoms with Crippen molar-refractivity contribution in [2.45, 2.75) is 0 Å². The van der Waals surface area contributed by atoms with Crippen molar-refractivity contribution in [2.75, 3.05) is 0 Å². The molecule has 6 heteroatoms. The number of aromatic amines is 1. The number of rotatable bonds is 0. The molecule has 5 rings (SSSR count). The van der Waals surface area contributed by atoms with Crippen LogP contribution < -0.4 is 16.0 Å². The van der Waals surface area contributed by atoms with Gasteiger partial charge >= 0.3 is 0 Å². The fraction of sp³-hybridized carbons (Fsp3) is 0. The predicted octanol–water partition coefficient (Wildman–Crippen LogP) is 0.692. The Morgan fingerprint density at radius 2 is 1.84 bits per heavy atom. The monoisotopic (exact) mass is 327 g/mol. The van der Waals surface area contributed by atoms with Crippen LogP contribution in [0.2, 0.25) is 0 Å². The van der Waals surface area contributed by atoms with Crippen LogP contribution in [0.3, 0.4) is 0 Å². The van der Waals surface area contributed by atoms with Gasteiger partial charge in [0.25, 0.3) is 0 Å². The normalized spacial score (nSPS) is 17.8. The van der Waals surface area contributed by atoms with Crippen molar-refractivity contribution in [3.8, 4) is 0 Å². The average Bonchev–Trinajstić information content (AvgIpc) is 3.33. The van der Waals surface area contributed by atoms with E-state index < -0.39 is 0 Å². The second-order valence-corrected chi connectivity index (χ2v) is 5.95. The highest BCUT2D eigenvalue weighted by Crippen LogP contribution is 2.15. The molecule has 2 aromatic heterocycles. The number of carbonyl (C=O) groups is 1. The molecule has 0 amide bonds. The van der Waals surface area contributed by atoms with E-state index >= 15 is 0 Å². The molecule has 0 aliphatic carbocycles. The van der Waals surface area contributed by atoms with Gasteiger partial charge in [0.1, 0.15) is 5.70 Å². The third-order valence-corrected chi connectivity index (χ3v) is 4.05. The summed E-state index contributed by atoms with van der Waals surface area (Å²) in [6.45, 7) is 0. The summed E-state index contributed by atoms with van der Waals surface area (Å²) in [6.07, 6.45) is 14.8. The molecule has 0 fully saturated rings. The average molecular weight is 327 g/mol. The Balaban J connectivity index is 1.70. The minimum Gasteiger partial charge on any atom is -0.355 e. The molecule has 8 bridgehead atoms. The van der Waals surface area contributed by atoms with Crippen LogP contribution in [0, 0.1) is 0 Å². The first-order chi connectivity index (χ1) is 12.2. The van der Waals surface area contributed by atoms with Gasteiger partial charge in [0.15, 0.2) is 0 Å². The van der Waals surface area contributed by atoms with E-state index in [9.17, 15) is 4.79 Å². The lowest BCUT2D eigenvalue weighted by Gasteiger charge is -2.00. The van der Waals surface area contributed by atoms with E-state index in [4.69, 9.17) is 0 Å². The maximum Gasteiger partial charge on any atom is 0.205 e. The van der Waals surface area contributed by atoms with Crippen molar-refractivity contribution < 1.29 is 4.79 Å². The maximum atomic E-state index is 12.2. The van der Waals surface area contributed by atoms with Crippen molar-refractivity contribution in [1.29, 1.82) is 0 Å². The molecule has 6 nitrogen and oxygen atoms in total. The van der Waals surface area contributed by atoms with Crippen molar-refractivity contribution in [1.82, 2.24) is 20.1 Å². The zero-order chi connectivity index (χ0) is 16.8. The maximum absolute atomic E-state index is 12.2. The van der Waals surface area contributed by atoms with Crippen LogP contribution in [0.15, 0.2) is 64.7 Å². The van der Waals surface area contributed by atoms with Gasteiger partial charge in [-0.15, -0.1) is 0 Å². The minimum atomic E-state index is -0.0724. The summed E-state index contributed by atoms with van der Waals surface area (Å²) >= 11 is 0. The van der Waals surface area contributed by atoms with Crippen molar-refractivity contribution in [2.24, 2.45) is 4.99 Å². The molecule has 0 spiro atoms. The van der Waals surface area contributed by atoms with Gasteiger partial charge in [-0.25, -0.2) is 9.67 Å². The fourth-order valence-electron chi connectivity index (χ4n) is 2.91. The first-order valence-electron chi connectivity index (χ1n) is 7.88. The van der Waals surface area contributed by atoms with Gasteiger partial charge in [-0.3, -0.25) is 4.79 Å². The second-order valence-electron chi connectivity index (χ2n) is 5.95. The summed E-state index contributed by atoms with van der Waals surface area (Å²) in [5.74, 6) is -0.0724. The number of carbonyl (C=O) groups excluding carboxylic acids is 1. The molecule has 0 radical (unpaired) electrons. The Morgan fingerprint density at radius 1 is 0.960 bits per heavy atom. The molecule has 0 saturated heterocycles. The smallest absolute Gasteiger partial charge is 0.205 e. The van der Waals surface area contributed by atoms with Gasteiger partial charge in [-0.1, -0.05) is 0 Å². The summed E-state index contributed by atoms with van der Waals surface area (Å²) in [6, 6.07) is 5.83. The predicted molar refractivity (Wildman–Crippen MR) is 96.3 cm³/mol. The highest BCUT2D eigenvalue weighted by Gasteiger charge is 2.16. The van der Waals surface area contributed by atoms with Crippen molar-refractivity contribution >= 4 is 35.9 Å². The molecule has 0 saturated carbocycles. The third-order valence-electron chi connectivity index (χ3n) is 4.05. The Hall–Kier alpha value is -3.67. The number of fused-ring (bicyclic) bond motifs is 7. The lowest BCUT2D eigenvalue weighted by molar-refractivity contribution is -0.111. The summed E-state index contributed by atoms with van der Waals surface area (Å²) in [5, 5.41) is 9.42. The van der Waals surface area contributed by atoms with Gasteiger partial charge in [0.05, 0.1) is 23.3 Å². The Bertz CT molecular complexity index is 1180. The summed E-state index contributed by atoms with van der Waals surface area (Å²) in [5.41, 5.74) is 3.72. The highest BCUT2D eigenvalue weighted by molar-refractivity contribution is 6.19. The van der Waals surface area contributed by atoms with E-state index in [2.05, 4.69) is 20.4 Å². The highest BCUT2D eigenvalue weighted by atomic mass is 16.1. The second kappa shape index (κ2) is 5.17. The number of ketones is 1. The molecule has 5 heterocycles. The molecule has 2 aromatic rings. The van der Waals surface area contributed by atoms with E-state index in [0.29, 0.717) is 5.70 Å². The zero-order valence-electron chi connectivity index (χ0n) is 13.1. The summed E-state index contributed by atoms with van der Waals surface area (Å²) < 4.78 is 1.62. The number of nitrogens with zero attached hydrogens (tertiary/aromatic N) is 3. The van der Waals surface area contributed by atoms with E-state index in [1.807, 2.05) is 48.6 Å². The van der Waals surface area contributed by atoms with Crippen LogP contribution in [-0.4, -0.2) is 26.3 Å². The molecule has 0 unspecified atom stereocenters. The van der Waals surface area contributed by atoms with Gasteiger partial charge in [-0.05, 0) is 48.6 Å². The number of aliphatic imine (C=N–C) groups is 1. The molecule has 3 aliphatic heterocycles. The van der Waals surface area contributed by atoms with E-state index in [0.717, 1.165) is 33.5 Å². The summed E-state index contributed by atoms with van der Waals surface area (Å²) in [7, 11) is 0. The molecule has 25 heavy (non-hydrogen) atoms. The van der Waals surface area contributed by atoms with E-state index in [-0.39, 0.29) is 5.78 Å². The van der Waals surface area contributed by atoms with Crippen molar-refractivity contribution in [3.05, 3.63) is 76.1 Å². The molecule has 120 valence electrons. The SMILES string of the molecule is O=C1C=C2C=c3ccc([nH]3)=CC3=NC(=Cc4ccn(n4)C=C1N2)C=C3. The van der Waals surface area contributed by atoms with Crippen LogP contribution in [0.5, 0.6) is 0 Å². The largest absolute Gasteiger partial charge is 0.355 e. The molecule has 0 aromatic carbocycles. The van der Waals surface area contributed by atoms with Crippen LogP contribution in [-0.2, 0) is 4.79 Å². The standard InChI is InChI=1S/C19H13N5O/c25-19-10-17-9-15-4-2-13(21-15)7-12-1-3-14(20-12)8-16-5-6-24(23-16)11-18(19)22-17/h1-11,21-22H. The number of hydrogen-bond acceptors (Lipinski definition) is 4. The Kier molecular flexibility index (Phi) is 2.84. The molecular weight excluding hydrogens is 314 g/mol. The van der Waals surface area contributed by atoms with Gasteiger partial charge in [0.2, 0.25) is 5.78 Å². The number of allylic oxidation sites excluding steroid dienone is 4. The van der Waals surface area contributed by atoms with Crippen LogP contribution in [0.1, 0.15) is 5.69 Å². The van der Waals surface area contributed by atoms with Crippen molar-refractivity contribution in [3.63, 3.8) is 0 Å². The van der Waals surface area contributed by atoms with Crippen LogP contribution in [0.25, 0.3) is 24.4 Å². The van der Waals surface area contributed by atoms with Gasteiger partial charge in [-0.2, -0.15) is 5.10 Å². The van der Waals surface area contributed by atoms with E-state index in [1.54, 1.807) is 23.2 Å². The Labute approximate surface area is 142 Å². The first-order valence-corrected chi connectivity index (χ1v) is 7.88. The first kappa shape index (κ1) is 13.7.